The number of aromatic nitrogens is 1. The summed E-state index contributed by atoms with van der Waals surface area (Å²) in [6.45, 7) is 0. The van der Waals surface area contributed by atoms with Gasteiger partial charge in [0, 0.05) is 18.8 Å². The van der Waals surface area contributed by atoms with Gasteiger partial charge in [-0.25, -0.2) is 4.98 Å². The van der Waals surface area contributed by atoms with Crippen LogP contribution in [0.4, 0.5) is 11.5 Å². The summed E-state index contributed by atoms with van der Waals surface area (Å²) in [5.74, 6) is 0.927. The normalized spacial score (nSPS) is 10.1. The highest BCUT2D eigenvalue weighted by Crippen LogP contribution is 2.24. The van der Waals surface area contributed by atoms with Crippen molar-refractivity contribution in [3.05, 3.63) is 48.2 Å². The highest BCUT2D eigenvalue weighted by molar-refractivity contribution is 7.80. The largest absolute Gasteiger partial charge is 0.508 e. The maximum atomic E-state index is 9.46. The van der Waals surface area contributed by atoms with Gasteiger partial charge in [0.1, 0.15) is 16.6 Å². The molecule has 92 valence electrons. The standard InChI is InChI=1S/C13H13N3OS/c1-16(9-4-2-5-10(17)8-9)12-7-3-6-11(15-12)13(14)18/h2-8,17H,1H3,(H2,14,18). The molecule has 0 saturated heterocycles. The SMILES string of the molecule is CN(c1cccc(O)c1)c1cccc(C(N)=S)n1. The van der Waals surface area contributed by atoms with Crippen LogP contribution in [0.25, 0.3) is 0 Å². The second-order valence-corrected chi connectivity index (χ2v) is 4.26. The Morgan fingerprint density at radius 3 is 2.67 bits per heavy atom. The van der Waals surface area contributed by atoms with Crippen LogP contribution in [0.1, 0.15) is 5.69 Å². The van der Waals surface area contributed by atoms with E-state index < -0.39 is 0 Å². The van der Waals surface area contributed by atoms with E-state index in [9.17, 15) is 5.11 Å². The van der Waals surface area contributed by atoms with Crippen LogP contribution in [0.2, 0.25) is 0 Å². The number of benzene rings is 1. The lowest BCUT2D eigenvalue weighted by molar-refractivity contribution is 0.475. The molecule has 0 aliphatic carbocycles. The molecule has 0 amide bonds. The molecule has 0 aliphatic rings. The minimum atomic E-state index is 0.213. The van der Waals surface area contributed by atoms with Crippen molar-refractivity contribution in [1.29, 1.82) is 0 Å². The molecule has 18 heavy (non-hydrogen) atoms. The van der Waals surface area contributed by atoms with Gasteiger partial charge in [0.2, 0.25) is 0 Å². The van der Waals surface area contributed by atoms with Crippen LogP contribution in [-0.2, 0) is 0 Å². The summed E-state index contributed by atoms with van der Waals surface area (Å²) in [6, 6.07) is 12.4. The molecular weight excluding hydrogens is 246 g/mol. The fourth-order valence-electron chi connectivity index (χ4n) is 1.58. The Morgan fingerprint density at radius 2 is 2.00 bits per heavy atom. The number of phenolic OH excluding ortho intramolecular Hbond substituents is 1. The summed E-state index contributed by atoms with van der Waals surface area (Å²) in [7, 11) is 1.86. The molecule has 1 aromatic heterocycles. The monoisotopic (exact) mass is 259 g/mol. The van der Waals surface area contributed by atoms with Gasteiger partial charge < -0.3 is 15.7 Å². The Bertz CT molecular complexity index is 586. The Hall–Kier alpha value is -2.14. The van der Waals surface area contributed by atoms with E-state index in [1.807, 2.05) is 30.1 Å². The maximum absolute atomic E-state index is 9.46. The van der Waals surface area contributed by atoms with Crippen molar-refractivity contribution < 1.29 is 5.11 Å². The second-order valence-electron chi connectivity index (χ2n) is 3.82. The van der Waals surface area contributed by atoms with Crippen molar-refractivity contribution in [2.75, 3.05) is 11.9 Å². The Kier molecular flexibility index (Phi) is 3.43. The molecule has 1 aromatic carbocycles. The number of anilines is 2. The summed E-state index contributed by atoms with van der Waals surface area (Å²) in [5, 5.41) is 9.46. The quantitative estimate of drug-likeness (QED) is 0.827. The van der Waals surface area contributed by atoms with Crippen LogP contribution >= 0.6 is 12.2 Å². The van der Waals surface area contributed by atoms with Crippen LogP contribution in [0.3, 0.4) is 0 Å². The molecule has 0 saturated carbocycles. The third-order valence-corrected chi connectivity index (χ3v) is 2.76. The lowest BCUT2D eigenvalue weighted by atomic mass is 10.2. The second kappa shape index (κ2) is 5.01. The lowest BCUT2D eigenvalue weighted by Crippen LogP contribution is -2.16. The Labute approximate surface area is 111 Å². The minimum absolute atomic E-state index is 0.213. The summed E-state index contributed by atoms with van der Waals surface area (Å²) in [4.78, 5) is 6.47. The van der Waals surface area contributed by atoms with Crippen molar-refractivity contribution in [2.24, 2.45) is 5.73 Å². The lowest BCUT2D eigenvalue weighted by Gasteiger charge is -2.18. The average Bonchev–Trinajstić information content (AvgIpc) is 2.38. The number of pyridine rings is 1. The first-order valence-corrected chi connectivity index (χ1v) is 5.78. The molecule has 1 heterocycles. The van der Waals surface area contributed by atoms with E-state index in [0.717, 1.165) is 5.69 Å². The fourth-order valence-corrected chi connectivity index (χ4v) is 1.69. The third-order valence-electron chi connectivity index (χ3n) is 2.55. The Morgan fingerprint density at radius 1 is 1.28 bits per heavy atom. The third kappa shape index (κ3) is 2.57. The minimum Gasteiger partial charge on any atom is -0.508 e. The zero-order chi connectivity index (χ0) is 13.1. The van der Waals surface area contributed by atoms with Gasteiger partial charge >= 0.3 is 0 Å². The zero-order valence-electron chi connectivity index (χ0n) is 9.87. The number of hydrogen-bond donors (Lipinski definition) is 2. The maximum Gasteiger partial charge on any atom is 0.133 e. The van der Waals surface area contributed by atoms with Gasteiger partial charge in [0.25, 0.3) is 0 Å². The van der Waals surface area contributed by atoms with Gasteiger partial charge in [-0.2, -0.15) is 0 Å². The predicted molar refractivity (Wildman–Crippen MR) is 76.3 cm³/mol. The number of nitrogens with two attached hydrogens (primary N) is 1. The smallest absolute Gasteiger partial charge is 0.133 e. The molecule has 5 heteroatoms. The Balaban J connectivity index is 2.36. The highest BCUT2D eigenvalue weighted by Gasteiger charge is 2.07. The van der Waals surface area contributed by atoms with E-state index in [1.54, 1.807) is 24.3 Å². The first kappa shape index (κ1) is 12.3. The van der Waals surface area contributed by atoms with Crippen molar-refractivity contribution >= 4 is 28.7 Å². The number of hydrogen-bond acceptors (Lipinski definition) is 4. The molecule has 4 nitrogen and oxygen atoms in total. The number of phenols is 1. The summed E-state index contributed by atoms with van der Waals surface area (Å²) in [5.41, 5.74) is 6.97. The molecule has 0 bridgehead atoms. The van der Waals surface area contributed by atoms with E-state index in [0.29, 0.717) is 11.5 Å². The van der Waals surface area contributed by atoms with Gasteiger partial charge in [-0.05, 0) is 24.3 Å². The summed E-state index contributed by atoms with van der Waals surface area (Å²) >= 11 is 4.90. The molecule has 2 rings (SSSR count). The molecule has 0 spiro atoms. The summed E-state index contributed by atoms with van der Waals surface area (Å²) < 4.78 is 0. The van der Waals surface area contributed by atoms with Gasteiger partial charge in [-0.3, -0.25) is 0 Å². The molecule has 0 unspecified atom stereocenters. The van der Waals surface area contributed by atoms with Crippen LogP contribution < -0.4 is 10.6 Å². The van der Waals surface area contributed by atoms with Crippen LogP contribution in [0.5, 0.6) is 5.75 Å². The number of rotatable bonds is 3. The van der Waals surface area contributed by atoms with E-state index in [2.05, 4.69) is 4.98 Å². The average molecular weight is 259 g/mol. The van der Waals surface area contributed by atoms with Crippen molar-refractivity contribution in [3.63, 3.8) is 0 Å². The van der Waals surface area contributed by atoms with Crippen molar-refractivity contribution in [2.45, 2.75) is 0 Å². The van der Waals surface area contributed by atoms with Crippen molar-refractivity contribution in [3.8, 4) is 5.75 Å². The van der Waals surface area contributed by atoms with Crippen molar-refractivity contribution in [1.82, 2.24) is 4.98 Å². The molecule has 0 radical (unpaired) electrons. The van der Waals surface area contributed by atoms with E-state index in [1.165, 1.54) is 0 Å². The summed E-state index contributed by atoms with van der Waals surface area (Å²) in [6.07, 6.45) is 0. The molecule has 3 N–H and O–H groups in total. The highest BCUT2D eigenvalue weighted by atomic mass is 32.1. The van der Waals surface area contributed by atoms with Crippen LogP contribution in [0, 0.1) is 0 Å². The predicted octanol–water partition coefficient (Wildman–Crippen LogP) is 2.19. The molecule has 0 fully saturated rings. The van der Waals surface area contributed by atoms with E-state index in [4.69, 9.17) is 18.0 Å². The molecule has 0 aliphatic heterocycles. The van der Waals surface area contributed by atoms with Gasteiger partial charge in [0.05, 0.1) is 5.69 Å². The van der Waals surface area contributed by atoms with Crippen LogP contribution in [0.15, 0.2) is 42.5 Å². The number of thiocarbonyl (C=S) groups is 1. The topological polar surface area (TPSA) is 62.4 Å². The first-order chi connectivity index (χ1) is 8.58. The molecule has 0 atom stereocenters. The molecule has 2 aromatic rings. The zero-order valence-corrected chi connectivity index (χ0v) is 10.7. The number of aromatic hydroxyl groups is 1. The first-order valence-electron chi connectivity index (χ1n) is 5.37. The van der Waals surface area contributed by atoms with Crippen LogP contribution in [-0.4, -0.2) is 22.1 Å². The van der Waals surface area contributed by atoms with E-state index >= 15 is 0 Å². The van der Waals surface area contributed by atoms with Gasteiger partial charge in [-0.1, -0.05) is 24.4 Å². The number of nitrogens with zero attached hydrogens (tertiary/aromatic N) is 2. The van der Waals surface area contributed by atoms with Gasteiger partial charge in [0.15, 0.2) is 0 Å². The fraction of sp³-hybridized carbons (Fsp3) is 0.0769. The van der Waals surface area contributed by atoms with Gasteiger partial charge in [-0.15, -0.1) is 0 Å². The van der Waals surface area contributed by atoms with E-state index in [-0.39, 0.29) is 10.7 Å². The molecular formula is C13H13N3OS.